The van der Waals surface area contributed by atoms with E-state index < -0.39 is 6.10 Å². The van der Waals surface area contributed by atoms with E-state index in [0.29, 0.717) is 0 Å². The van der Waals surface area contributed by atoms with Gasteiger partial charge in [0.2, 0.25) is 5.91 Å². The summed E-state index contributed by atoms with van der Waals surface area (Å²) in [4.78, 5) is 12.0. The Labute approximate surface area is 135 Å². The molecular formula is C18H21N3O2. The Kier molecular flexibility index (Phi) is 4.88. The number of aliphatic hydroxyl groups excluding tert-OH is 1. The van der Waals surface area contributed by atoms with Crippen molar-refractivity contribution in [2.24, 2.45) is 0 Å². The smallest absolute Gasteiger partial charge is 0.244 e. The van der Waals surface area contributed by atoms with Crippen LogP contribution >= 0.6 is 0 Å². The van der Waals surface area contributed by atoms with Crippen LogP contribution in [0.25, 0.3) is 11.8 Å². The highest BCUT2D eigenvalue weighted by atomic mass is 16.3. The van der Waals surface area contributed by atoms with Crippen molar-refractivity contribution in [1.29, 1.82) is 0 Å². The van der Waals surface area contributed by atoms with Crippen LogP contribution in [-0.4, -0.2) is 32.9 Å². The molecular weight excluding hydrogens is 290 g/mol. The van der Waals surface area contributed by atoms with E-state index in [0.717, 1.165) is 36.9 Å². The lowest BCUT2D eigenvalue weighted by molar-refractivity contribution is -0.118. The van der Waals surface area contributed by atoms with Gasteiger partial charge in [0, 0.05) is 17.8 Å². The number of nitrogens with one attached hydrogen (secondary N) is 1. The number of aromatic nitrogens is 2. The highest BCUT2D eigenvalue weighted by molar-refractivity contribution is 5.91. The molecule has 2 N–H and O–H groups in total. The number of aliphatic hydroxyl groups is 1. The van der Waals surface area contributed by atoms with E-state index in [2.05, 4.69) is 10.4 Å². The summed E-state index contributed by atoms with van der Waals surface area (Å²) in [6.07, 6.45) is 10.1. The van der Waals surface area contributed by atoms with Gasteiger partial charge in [0.05, 0.1) is 24.0 Å². The van der Waals surface area contributed by atoms with E-state index in [1.54, 1.807) is 17.0 Å². The molecule has 0 radical (unpaired) electrons. The van der Waals surface area contributed by atoms with Gasteiger partial charge in [-0.2, -0.15) is 5.10 Å². The summed E-state index contributed by atoms with van der Waals surface area (Å²) < 4.78 is 1.77. The molecule has 1 fully saturated rings. The van der Waals surface area contributed by atoms with Gasteiger partial charge >= 0.3 is 0 Å². The van der Waals surface area contributed by atoms with Crippen LogP contribution in [0.5, 0.6) is 0 Å². The zero-order valence-electron chi connectivity index (χ0n) is 12.9. The third-order valence-electron chi connectivity index (χ3n) is 4.11. The van der Waals surface area contributed by atoms with Crippen molar-refractivity contribution in [3.63, 3.8) is 0 Å². The summed E-state index contributed by atoms with van der Waals surface area (Å²) in [5.41, 5.74) is 1.83. The molecule has 1 amide bonds. The minimum Gasteiger partial charge on any atom is -0.391 e. The molecule has 2 aromatic rings. The Bertz CT molecular complexity index is 679. The third-order valence-corrected chi connectivity index (χ3v) is 4.11. The molecule has 1 aromatic heterocycles. The lowest BCUT2D eigenvalue weighted by atomic mass is 9.92. The molecule has 0 saturated heterocycles. The second-order valence-electron chi connectivity index (χ2n) is 5.85. The summed E-state index contributed by atoms with van der Waals surface area (Å²) in [5.74, 6) is -0.177. The van der Waals surface area contributed by atoms with Crippen LogP contribution in [0.2, 0.25) is 0 Å². The summed E-state index contributed by atoms with van der Waals surface area (Å²) in [6.45, 7) is 0. The van der Waals surface area contributed by atoms with Gasteiger partial charge in [-0.25, -0.2) is 4.68 Å². The first-order valence-electron chi connectivity index (χ1n) is 7.99. The predicted octanol–water partition coefficient (Wildman–Crippen LogP) is 2.31. The van der Waals surface area contributed by atoms with Gasteiger partial charge in [-0.05, 0) is 31.1 Å². The van der Waals surface area contributed by atoms with Crippen LogP contribution in [0.3, 0.4) is 0 Å². The van der Waals surface area contributed by atoms with Crippen LogP contribution in [-0.2, 0) is 4.79 Å². The van der Waals surface area contributed by atoms with E-state index in [-0.39, 0.29) is 11.9 Å². The average Bonchev–Trinajstić information content (AvgIpc) is 3.05. The molecule has 1 aliphatic rings. The lowest BCUT2D eigenvalue weighted by Gasteiger charge is -2.27. The first-order valence-corrected chi connectivity index (χ1v) is 7.99. The normalized spacial score (nSPS) is 21.4. The van der Waals surface area contributed by atoms with Crippen molar-refractivity contribution in [1.82, 2.24) is 15.1 Å². The maximum Gasteiger partial charge on any atom is 0.244 e. The Hall–Kier alpha value is -2.40. The molecule has 0 bridgehead atoms. The van der Waals surface area contributed by atoms with E-state index in [1.807, 2.05) is 36.5 Å². The molecule has 2 atom stereocenters. The molecule has 3 rings (SSSR count). The van der Waals surface area contributed by atoms with E-state index in [1.165, 1.54) is 6.08 Å². The quantitative estimate of drug-likeness (QED) is 0.852. The van der Waals surface area contributed by atoms with Crippen molar-refractivity contribution in [3.8, 4) is 5.69 Å². The molecule has 1 saturated carbocycles. The molecule has 5 nitrogen and oxygen atoms in total. The third kappa shape index (κ3) is 4.07. The number of nitrogens with zero attached hydrogens (tertiary/aromatic N) is 2. The van der Waals surface area contributed by atoms with Crippen LogP contribution in [0.1, 0.15) is 31.2 Å². The number of benzene rings is 1. The van der Waals surface area contributed by atoms with Gasteiger partial charge in [0.25, 0.3) is 0 Å². The molecule has 1 aromatic carbocycles. The second kappa shape index (κ2) is 7.24. The van der Waals surface area contributed by atoms with Crippen LogP contribution in [0.15, 0.2) is 48.8 Å². The van der Waals surface area contributed by atoms with Gasteiger partial charge in [0.15, 0.2) is 0 Å². The summed E-state index contributed by atoms with van der Waals surface area (Å²) >= 11 is 0. The Balaban J connectivity index is 1.59. The minimum atomic E-state index is -0.429. The fourth-order valence-electron chi connectivity index (χ4n) is 2.83. The number of hydrogen-bond donors (Lipinski definition) is 2. The Morgan fingerprint density at radius 2 is 2.04 bits per heavy atom. The number of para-hydroxylation sites is 1. The number of amides is 1. The molecule has 23 heavy (non-hydrogen) atoms. The van der Waals surface area contributed by atoms with Crippen molar-refractivity contribution >= 4 is 12.0 Å². The zero-order chi connectivity index (χ0) is 16.1. The summed E-state index contributed by atoms with van der Waals surface area (Å²) in [5, 5.41) is 17.0. The van der Waals surface area contributed by atoms with Gasteiger partial charge in [-0.1, -0.05) is 31.0 Å². The zero-order valence-corrected chi connectivity index (χ0v) is 12.9. The van der Waals surface area contributed by atoms with Crippen LogP contribution < -0.4 is 5.32 Å². The molecule has 5 heteroatoms. The Morgan fingerprint density at radius 3 is 2.83 bits per heavy atom. The maximum atomic E-state index is 12.0. The molecule has 2 unspecified atom stereocenters. The van der Waals surface area contributed by atoms with Crippen molar-refractivity contribution in [3.05, 3.63) is 54.4 Å². The highest BCUT2D eigenvalue weighted by Crippen LogP contribution is 2.18. The number of carbonyl (C=O) groups excluding carboxylic acids is 1. The van der Waals surface area contributed by atoms with E-state index in [9.17, 15) is 9.90 Å². The fraction of sp³-hybridized carbons (Fsp3) is 0.333. The summed E-state index contributed by atoms with van der Waals surface area (Å²) in [7, 11) is 0. The number of rotatable bonds is 4. The van der Waals surface area contributed by atoms with Crippen molar-refractivity contribution < 1.29 is 9.90 Å². The molecule has 1 heterocycles. The van der Waals surface area contributed by atoms with Gasteiger partial charge < -0.3 is 10.4 Å². The summed E-state index contributed by atoms with van der Waals surface area (Å²) in [6, 6.07) is 9.67. The van der Waals surface area contributed by atoms with Gasteiger partial charge in [-0.3, -0.25) is 4.79 Å². The lowest BCUT2D eigenvalue weighted by Crippen LogP contribution is -2.44. The van der Waals surface area contributed by atoms with Crippen molar-refractivity contribution in [2.75, 3.05) is 0 Å². The molecule has 1 aliphatic carbocycles. The molecule has 0 spiro atoms. The standard InChI is InChI=1S/C18H21N3O2/c22-17-9-5-4-8-16(17)20-18(23)11-10-14-12-19-21(13-14)15-6-2-1-3-7-15/h1-3,6-7,10-13,16-17,22H,4-5,8-9H2,(H,20,23)/b11-10+. The molecule has 120 valence electrons. The number of carbonyl (C=O) groups is 1. The second-order valence-corrected chi connectivity index (χ2v) is 5.85. The monoisotopic (exact) mass is 311 g/mol. The molecule has 0 aliphatic heterocycles. The van der Waals surface area contributed by atoms with E-state index in [4.69, 9.17) is 0 Å². The van der Waals surface area contributed by atoms with Crippen LogP contribution in [0.4, 0.5) is 0 Å². The Morgan fingerprint density at radius 1 is 1.26 bits per heavy atom. The average molecular weight is 311 g/mol. The first-order chi connectivity index (χ1) is 11.2. The SMILES string of the molecule is O=C(/C=C/c1cnn(-c2ccccc2)c1)NC1CCCCC1O. The van der Waals surface area contributed by atoms with Gasteiger partial charge in [-0.15, -0.1) is 0 Å². The fourth-order valence-corrected chi connectivity index (χ4v) is 2.83. The number of hydrogen-bond acceptors (Lipinski definition) is 3. The predicted molar refractivity (Wildman–Crippen MR) is 89.0 cm³/mol. The minimum absolute atomic E-state index is 0.132. The van der Waals surface area contributed by atoms with Crippen LogP contribution in [0, 0.1) is 0 Å². The van der Waals surface area contributed by atoms with E-state index >= 15 is 0 Å². The topological polar surface area (TPSA) is 67.2 Å². The van der Waals surface area contributed by atoms with Crippen molar-refractivity contribution in [2.45, 2.75) is 37.8 Å². The maximum absolute atomic E-state index is 12.0. The van der Waals surface area contributed by atoms with Gasteiger partial charge in [0.1, 0.15) is 0 Å². The first kappa shape index (κ1) is 15.5. The largest absolute Gasteiger partial charge is 0.391 e. The highest BCUT2D eigenvalue weighted by Gasteiger charge is 2.23.